The summed E-state index contributed by atoms with van der Waals surface area (Å²) in [5.74, 6) is 1.65. The van der Waals surface area contributed by atoms with Crippen molar-refractivity contribution < 1.29 is 9.84 Å². The Labute approximate surface area is 214 Å². The van der Waals surface area contributed by atoms with Crippen molar-refractivity contribution in [3.05, 3.63) is 50.9 Å². The van der Waals surface area contributed by atoms with Crippen LogP contribution in [0.2, 0.25) is 0 Å². The molecule has 0 aliphatic carbocycles. The van der Waals surface area contributed by atoms with Crippen molar-refractivity contribution in [2.45, 2.75) is 26.2 Å². The summed E-state index contributed by atoms with van der Waals surface area (Å²) in [6, 6.07) is 11.4. The maximum atomic E-state index is 10.6. The number of rotatable bonds is 8. The number of ether oxygens (including phenoxy) is 1. The van der Waals surface area contributed by atoms with Crippen LogP contribution in [0.15, 0.2) is 50.4 Å². The maximum Gasteiger partial charge on any atom is 0.250 e. The molecule has 34 heavy (non-hydrogen) atoms. The van der Waals surface area contributed by atoms with Gasteiger partial charge in [-0.2, -0.15) is 20.1 Å². The van der Waals surface area contributed by atoms with Gasteiger partial charge in [0.1, 0.15) is 0 Å². The van der Waals surface area contributed by atoms with Crippen molar-refractivity contribution in [2.24, 2.45) is 5.10 Å². The number of hydrogen-bond acceptors (Lipinski definition) is 9. The van der Waals surface area contributed by atoms with Gasteiger partial charge in [0.05, 0.1) is 18.4 Å². The van der Waals surface area contributed by atoms with Gasteiger partial charge < -0.3 is 20.1 Å². The number of benzene rings is 2. The summed E-state index contributed by atoms with van der Waals surface area (Å²) in [6.07, 6.45) is 4.90. The molecule has 0 bridgehead atoms. The van der Waals surface area contributed by atoms with Crippen molar-refractivity contribution in [1.29, 1.82) is 0 Å². The lowest BCUT2D eigenvalue weighted by molar-refractivity contribution is 0.317. The Balaban J connectivity index is 1.61. The molecule has 3 aromatic rings. The fraction of sp³-hybridized carbons (Fsp3) is 0.304. The Kier molecular flexibility index (Phi) is 8.17. The van der Waals surface area contributed by atoms with E-state index < -0.39 is 0 Å². The number of piperidine rings is 1. The molecule has 1 saturated heterocycles. The third kappa shape index (κ3) is 5.95. The van der Waals surface area contributed by atoms with Gasteiger partial charge in [0.2, 0.25) is 17.8 Å². The van der Waals surface area contributed by atoms with E-state index >= 15 is 0 Å². The Bertz CT molecular complexity index is 1160. The highest BCUT2D eigenvalue weighted by atomic mass is 79.9. The Morgan fingerprint density at radius 2 is 1.82 bits per heavy atom. The molecule has 3 N–H and O–H groups in total. The average molecular weight is 591 g/mol. The average Bonchev–Trinajstić information content (AvgIpc) is 2.86. The van der Waals surface area contributed by atoms with Gasteiger partial charge in [-0.1, -0.05) is 18.2 Å². The van der Waals surface area contributed by atoms with E-state index in [2.05, 4.69) is 67.6 Å². The number of aromatic hydroxyl groups is 1. The van der Waals surface area contributed by atoms with Crippen LogP contribution in [0, 0.1) is 0 Å². The number of hydrogen-bond donors (Lipinski definition) is 3. The number of hydrazone groups is 1. The predicted octanol–water partition coefficient (Wildman–Crippen LogP) is 5.68. The molecule has 0 radical (unpaired) electrons. The number of aromatic nitrogens is 3. The van der Waals surface area contributed by atoms with Crippen molar-refractivity contribution in [2.75, 3.05) is 35.3 Å². The third-order valence-electron chi connectivity index (χ3n) is 5.14. The molecule has 178 valence electrons. The Hall–Kier alpha value is -2.92. The summed E-state index contributed by atoms with van der Waals surface area (Å²) in [7, 11) is 0. The van der Waals surface area contributed by atoms with Crippen LogP contribution in [0.1, 0.15) is 31.7 Å². The smallest absolute Gasteiger partial charge is 0.250 e. The lowest BCUT2D eigenvalue weighted by atomic mass is 10.1. The number of phenolic OH excluding ortho intramolecular Hbond substituents is 1. The van der Waals surface area contributed by atoms with Crippen LogP contribution in [0.3, 0.4) is 0 Å². The van der Waals surface area contributed by atoms with Crippen LogP contribution in [0.5, 0.6) is 11.5 Å². The quantitative estimate of drug-likeness (QED) is 0.227. The SMILES string of the molecule is CCOc1cc(Br)c(Br)c(/C=N\Nc2nc(Nc3ccccc3)nc(N3CCCCC3)n2)c1O. The first kappa shape index (κ1) is 24.2. The monoisotopic (exact) mass is 589 g/mol. The second-order valence-corrected chi connectivity index (χ2v) is 9.20. The van der Waals surface area contributed by atoms with Crippen LogP contribution >= 0.6 is 31.9 Å². The molecule has 1 fully saturated rings. The van der Waals surface area contributed by atoms with Crippen LogP contribution < -0.4 is 20.4 Å². The zero-order valence-electron chi connectivity index (χ0n) is 18.6. The molecule has 11 heteroatoms. The number of nitrogens with zero attached hydrogens (tertiary/aromatic N) is 5. The molecular formula is C23H25Br2N7O2. The second kappa shape index (κ2) is 11.5. The first-order chi connectivity index (χ1) is 16.5. The van der Waals surface area contributed by atoms with Gasteiger partial charge in [-0.3, -0.25) is 0 Å². The number of anilines is 4. The van der Waals surface area contributed by atoms with Crippen LogP contribution in [0.4, 0.5) is 23.5 Å². The van der Waals surface area contributed by atoms with Crippen molar-refractivity contribution in [3.63, 3.8) is 0 Å². The Morgan fingerprint density at radius 1 is 1.09 bits per heavy atom. The lowest BCUT2D eigenvalue weighted by Crippen LogP contribution is -2.31. The molecule has 1 aliphatic heterocycles. The van der Waals surface area contributed by atoms with Crippen molar-refractivity contribution >= 4 is 61.6 Å². The minimum absolute atomic E-state index is 0.0152. The van der Waals surface area contributed by atoms with Crippen molar-refractivity contribution in [3.8, 4) is 11.5 Å². The predicted molar refractivity (Wildman–Crippen MR) is 142 cm³/mol. The minimum Gasteiger partial charge on any atom is -0.504 e. The topological polar surface area (TPSA) is 108 Å². The minimum atomic E-state index is -0.0152. The molecule has 2 aromatic carbocycles. The molecule has 1 aromatic heterocycles. The van der Waals surface area contributed by atoms with E-state index in [1.807, 2.05) is 37.3 Å². The molecular weight excluding hydrogens is 566 g/mol. The molecule has 0 saturated carbocycles. The zero-order valence-corrected chi connectivity index (χ0v) is 21.8. The van der Waals surface area contributed by atoms with E-state index in [0.717, 1.165) is 36.1 Å². The maximum absolute atomic E-state index is 10.6. The van der Waals surface area contributed by atoms with E-state index in [1.54, 1.807) is 6.07 Å². The standard InChI is InChI=1S/C23H25Br2N7O2/c1-2-34-18-13-17(24)19(25)16(20(18)33)14-26-31-22-28-21(27-15-9-5-3-6-10-15)29-23(30-22)32-11-7-4-8-12-32/h3,5-6,9-10,13-14,33H,2,4,7-8,11-12H2,1H3,(H2,27,28,29,30,31)/b26-14-. The molecule has 0 unspecified atom stereocenters. The summed E-state index contributed by atoms with van der Waals surface area (Å²) in [5, 5.41) is 18.1. The molecule has 9 nitrogen and oxygen atoms in total. The first-order valence-electron chi connectivity index (χ1n) is 11.0. The molecule has 0 spiro atoms. The Morgan fingerprint density at radius 3 is 2.56 bits per heavy atom. The first-order valence-corrected chi connectivity index (χ1v) is 12.6. The van der Waals surface area contributed by atoms with E-state index in [0.29, 0.717) is 40.2 Å². The molecule has 4 rings (SSSR count). The molecule has 0 atom stereocenters. The fourth-order valence-corrected chi connectivity index (χ4v) is 4.33. The van der Waals surface area contributed by atoms with Crippen LogP contribution in [-0.4, -0.2) is 46.0 Å². The fourth-order valence-electron chi connectivity index (χ4n) is 3.51. The van der Waals surface area contributed by atoms with E-state index in [1.165, 1.54) is 12.6 Å². The van der Waals surface area contributed by atoms with Crippen molar-refractivity contribution in [1.82, 2.24) is 15.0 Å². The molecule has 1 aliphatic rings. The number of phenols is 1. The highest BCUT2D eigenvalue weighted by Crippen LogP contribution is 2.39. The van der Waals surface area contributed by atoms with Gasteiger partial charge in [-0.25, -0.2) is 5.43 Å². The summed E-state index contributed by atoms with van der Waals surface area (Å²) in [5.41, 5.74) is 4.21. The molecule has 2 heterocycles. The second-order valence-electron chi connectivity index (χ2n) is 7.56. The highest BCUT2D eigenvalue weighted by Gasteiger charge is 2.17. The van der Waals surface area contributed by atoms with Gasteiger partial charge in [-0.05, 0) is 76.2 Å². The number of halogens is 2. The number of para-hydroxylation sites is 1. The number of nitrogens with one attached hydrogen (secondary N) is 2. The van der Waals surface area contributed by atoms with Gasteiger partial charge in [0.15, 0.2) is 11.5 Å². The summed E-state index contributed by atoms with van der Waals surface area (Å²) >= 11 is 6.94. The highest BCUT2D eigenvalue weighted by molar-refractivity contribution is 9.13. The largest absolute Gasteiger partial charge is 0.504 e. The zero-order chi connectivity index (χ0) is 23.9. The van der Waals surface area contributed by atoms with E-state index in [4.69, 9.17) is 4.74 Å². The van der Waals surface area contributed by atoms with Gasteiger partial charge in [-0.15, -0.1) is 0 Å². The summed E-state index contributed by atoms with van der Waals surface area (Å²) < 4.78 is 6.88. The van der Waals surface area contributed by atoms with Crippen LogP contribution in [0.25, 0.3) is 0 Å². The van der Waals surface area contributed by atoms with E-state index in [-0.39, 0.29) is 5.75 Å². The van der Waals surface area contributed by atoms with Gasteiger partial charge in [0, 0.05) is 27.7 Å². The van der Waals surface area contributed by atoms with Crippen LogP contribution in [-0.2, 0) is 0 Å². The normalized spacial score (nSPS) is 13.8. The van der Waals surface area contributed by atoms with Gasteiger partial charge in [0.25, 0.3) is 0 Å². The lowest BCUT2D eigenvalue weighted by Gasteiger charge is -2.26. The third-order valence-corrected chi connectivity index (χ3v) is 7.15. The van der Waals surface area contributed by atoms with Gasteiger partial charge >= 0.3 is 0 Å². The van der Waals surface area contributed by atoms with E-state index in [9.17, 15) is 5.11 Å². The summed E-state index contributed by atoms with van der Waals surface area (Å²) in [4.78, 5) is 15.8. The summed E-state index contributed by atoms with van der Waals surface area (Å²) in [6.45, 7) is 4.08. The molecule has 0 amide bonds.